The molecule has 25 heavy (non-hydrogen) atoms. The zero-order valence-corrected chi connectivity index (χ0v) is 14.5. The fourth-order valence-electron chi connectivity index (χ4n) is 3.48. The highest BCUT2D eigenvalue weighted by Gasteiger charge is 2.52. The van der Waals surface area contributed by atoms with Crippen LogP contribution in [0.1, 0.15) is 31.7 Å². The maximum atomic E-state index is 13.0. The van der Waals surface area contributed by atoms with E-state index in [-0.39, 0.29) is 11.8 Å². The lowest BCUT2D eigenvalue weighted by atomic mass is 9.75. The smallest absolute Gasteiger partial charge is 0.240 e. The summed E-state index contributed by atoms with van der Waals surface area (Å²) in [5.74, 6) is 1.31. The van der Waals surface area contributed by atoms with Crippen molar-refractivity contribution >= 4 is 17.4 Å². The summed E-state index contributed by atoms with van der Waals surface area (Å²) in [4.78, 5) is 31.8. The molecule has 6 heteroatoms. The highest BCUT2D eigenvalue weighted by molar-refractivity contribution is 6.03. The molecule has 1 amide bonds. The molecule has 4 rings (SSSR count). The largest absolute Gasteiger partial charge is 0.273 e. The monoisotopic (exact) mass is 333 g/mol. The van der Waals surface area contributed by atoms with Gasteiger partial charge in [0.15, 0.2) is 0 Å². The van der Waals surface area contributed by atoms with Crippen molar-refractivity contribution in [3.8, 4) is 0 Å². The summed E-state index contributed by atoms with van der Waals surface area (Å²) in [6.07, 6.45) is 11.9. The fourth-order valence-corrected chi connectivity index (χ4v) is 3.48. The summed E-state index contributed by atoms with van der Waals surface area (Å²) in [5, 5.41) is 0. The zero-order valence-electron chi connectivity index (χ0n) is 14.5. The maximum Gasteiger partial charge on any atom is 0.240 e. The number of nitrogens with zero attached hydrogens (tertiary/aromatic N) is 5. The molecule has 1 aliphatic heterocycles. The van der Waals surface area contributed by atoms with Gasteiger partial charge in [-0.1, -0.05) is 19.9 Å². The number of carbonyl (C=O) groups excluding carboxylic acids is 1. The number of allylic oxidation sites excluding steroid dienone is 4. The van der Waals surface area contributed by atoms with Crippen LogP contribution in [0.15, 0.2) is 48.7 Å². The lowest BCUT2D eigenvalue weighted by molar-refractivity contribution is -0.125. The second-order valence-electron chi connectivity index (χ2n) is 6.95. The second-order valence-corrected chi connectivity index (χ2v) is 6.95. The topological polar surface area (TPSA) is 71.9 Å². The van der Waals surface area contributed by atoms with Gasteiger partial charge in [0.1, 0.15) is 5.82 Å². The van der Waals surface area contributed by atoms with E-state index >= 15 is 0 Å². The first-order chi connectivity index (χ1) is 12.0. The summed E-state index contributed by atoms with van der Waals surface area (Å²) in [7, 11) is 0. The Morgan fingerprint density at radius 1 is 1.12 bits per heavy atom. The van der Waals surface area contributed by atoms with Crippen LogP contribution < -0.4 is 4.90 Å². The van der Waals surface area contributed by atoms with Crippen molar-refractivity contribution < 1.29 is 4.79 Å². The van der Waals surface area contributed by atoms with Crippen molar-refractivity contribution in [1.29, 1.82) is 0 Å². The molecule has 0 radical (unpaired) electrons. The van der Waals surface area contributed by atoms with E-state index < -0.39 is 5.41 Å². The minimum absolute atomic E-state index is 0.0322. The average molecular weight is 333 g/mol. The Morgan fingerprint density at radius 2 is 1.80 bits per heavy atom. The molecule has 0 bridgehead atoms. The van der Waals surface area contributed by atoms with Crippen LogP contribution in [0, 0.1) is 18.3 Å². The lowest BCUT2D eigenvalue weighted by Gasteiger charge is -2.25. The van der Waals surface area contributed by atoms with E-state index in [9.17, 15) is 4.79 Å². The number of fused-ring (bicyclic) bond motifs is 1. The van der Waals surface area contributed by atoms with Gasteiger partial charge >= 0.3 is 0 Å². The number of aromatic nitrogens is 4. The predicted molar refractivity (Wildman–Crippen MR) is 94.2 cm³/mol. The van der Waals surface area contributed by atoms with Crippen molar-refractivity contribution in [1.82, 2.24) is 19.9 Å². The van der Waals surface area contributed by atoms with Gasteiger partial charge in [0.05, 0.1) is 5.41 Å². The predicted octanol–water partition coefficient (Wildman–Crippen LogP) is 2.94. The second kappa shape index (κ2) is 5.58. The van der Waals surface area contributed by atoms with Crippen molar-refractivity contribution in [2.45, 2.75) is 27.2 Å². The molecule has 1 saturated heterocycles. The summed E-state index contributed by atoms with van der Waals surface area (Å²) in [6.45, 7) is 5.84. The van der Waals surface area contributed by atoms with E-state index in [1.165, 1.54) is 0 Å². The number of hydrogen-bond donors (Lipinski definition) is 0. The first-order valence-corrected chi connectivity index (χ1v) is 8.31. The van der Waals surface area contributed by atoms with Crippen LogP contribution in [0.5, 0.6) is 0 Å². The van der Waals surface area contributed by atoms with Gasteiger partial charge in [0.25, 0.3) is 0 Å². The Bertz CT molecular complexity index is 884. The maximum absolute atomic E-state index is 13.0. The molecular formula is C19H19N5O. The number of carbonyl (C=O) groups is 1. The molecule has 6 nitrogen and oxygen atoms in total. The number of aryl methyl sites for hydroxylation is 1. The van der Waals surface area contributed by atoms with Crippen LogP contribution in [-0.4, -0.2) is 25.8 Å². The van der Waals surface area contributed by atoms with Crippen LogP contribution in [0.3, 0.4) is 0 Å². The molecule has 2 aromatic rings. The third kappa shape index (κ3) is 2.45. The van der Waals surface area contributed by atoms with Gasteiger partial charge in [-0.25, -0.2) is 19.9 Å². The zero-order chi connectivity index (χ0) is 17.6. The van der Waals surface area contributed by atoms with Gasteiger partial charge < -0.3 is 0 Å². The molecule has 126 valence electrons. The Hall–Kier alpha value is -2.89. The summed E-state index contributed by atoms with van der Waals surface area (Å²) in [5.41, 5.74) is 2.43. The van der Waals surface area contributed by atoms with Crippen molar-refractivity contribution in [2.24, 2.45) is 11.3 Å². The Morgan fingerprint density at radius 3 is 2.48 bits per heavy atom. The quantitative estimate of drug-likeness (QED) is 0.845. The minimum Gasteiger partial charge on any atom is -0.273 e. The third-order valence-corrected chi connectivity index (χ3v) is 4.98. The molecular weight excluding hydrogens is 314 g/mol. The molecule has 1 fully saturated rings. The lowest BCUT2D eigenvalue weighted by Crippen LogP contribution is -2.32. The number of amides is 1. The van der Waals surface area contributed by atoms with Gasteiger partial charge in [-0.05, 0) is 31.1 Å². The van der Waals surface area contributed by atoms with Gasteiger partial charge in [-0.2, -0.15) is 0 Å². The van der Waals surface area contributed by atoms with Gasteiger partial charge in [-0.3, -0.25) is 9.69 Å². The van der Waals surface area contributed by atoms with E-state index in [1.807, 2.05) is 39.2 Å². The minimum atomic E-state index is -0.489. The summed E-state index contributed by atoms with van der Waals surface area (Å²) in [6, 6.07) is 1.75. The van der Waals surface area contributed by atoms with E-state index in [1.54, 1.807) is 23.4 Å². The number of anilines is 1. The fraction of sp³-hybridized carbons (Fsp3) is 0.316. The number of hydrogen-bond acceptors (Lipinski definition) is 5. The molecule has 3 heterocycles. The first kappa shape index (κ1) is 15.6. The van der Waals surface area contributed by atoms with Crippen LogP contribution in [-0.2, 0) is 4.79 Å². The molecule has 1 aliphatic carbocycles. The standard InChI is InChI=1S/C19H19N5O/c1-12-22-10-14(11-23-12)13-5-6-15-16(9-13)24(17(25)19(15,2)3)18-20-7-4-8-21-18/h4-5,7-11,15H,6H2,1-3H3. The summed E-state index contributed by atoms with van der Waals surface area (Å²) >= 11 is 0. The Balaban J connectivity index is 1.80. The van der Waals surface area contributed by atoms with Gasteiger partial charge in [0.2, 0.25) is 11.9 Å². The van der Waals surface area contributed by atoms with Crippen LogP contribution in [0.4, 0.5) is 5.95 Å². The van der Waals surface area contributed by atoms with Gasteiger partial charge in [0, 0.05) is 42.0 Å². The highest BCUT2D eigenvalue weighted by atomic mass is 16.2. The molecule has 0 N–H and O–H groups in total. The van der Waals surface area contributed by atoms with E-state index in [0.717, 1.165) is 29.1 Å². The van der Waals surface area contributed by atoms with E-state index in [0.29, 0.717) is 5.95 Å². The molecule has 1 atom stereocenters. The van der Waals surface area contributed by atoms with Crippen LogP contribution in [0.25, 0.3) is 5.57 Å². The molecule has 0 spiro atoms. The first-order valence-electron chi connectivity index (χ1n) is 8.31. The van der Waals surface area contributed by atoms with E-state index in [2.05, 4.69) is 26.0 Å². The molecule has 2 aromatic heterocycles. The molecule has 0 saturated carbocycles. The van der Waals surface area contributed by atoms with Crippen molar-refractivity contribution in [3.05, 3.63) is 60.1 Å². The average Bonchev–Trinajstić information content (AvgIpc) is 2.82. The summed E-state index contributed by atoms with van der Waals surface area (Å²) < 4.78 is 0. The Labute approximate surface area is 146 Å². The van der Waals surface area contributed by atoms with Crippen molar-refractivity contribution in [3.63, 3.8) is 0 Å². The number of rotatable bonds is 2. The van der Waals surface area contributed by atoms with E-state index in [4.69, 9.17) is 0 Å². The van der Waals surface area contributed by atoms with Crippen LogP contribution in [0.2, 0.25) is 0 Å². The molecule has 1 unspecified atom stereocenters. The molecule has 2 aliphatic rings. The van der Waals surface area contributed by atoms with Crippen molar-refractivity contribution in [2.75, 3.05) is 4.90 Å². The molecule has 0 aromatic carbocycles. The normalized spacial score (nSPS) is 21.6. The Kier molecular flexibility index (Phi) is 3.49. The van der Waals surface area contributed by atoms with Gasteiger partial charge in [-0.15, -0.1) is 0 Å². The van der Waals surface area contributed by atoms with Crippen LogP contribution >= 0.6 is 0 Å². The SMILES string of the molecule is Cc1ncc(C2=CCC3C(=C2)N(c2ncccn2)C(=O)C3(C)C)cn1. The highest BCUT2D eigenvalue weighted by Crippen LogP contribution is 2.49. The third-order valence-electron chi connectivity index (χ3n) is 4.98.